The molecule has 6 nitrogen and oxygen atoms in total. The van der Waals surface area contributed by atoms with Crippen molar-refractivity contribution >= 4 is 11.8 Å². The number of carbonyl (C=O) groups excluding carboxylic acids is 2. The highest BCUT2D eigenvalue weighted by Crippen LogP contribution is 2.25. The molecule has 26 heavy (non-hydrogen) atoms. The van der Waals surface area contributed by atoms with Gasteiger partial charge in [0, 0.05) is 18.7 Å². The molecule has 2 amide bonds. The summed E-state index contributed by atoms with van der Waals surface area (Å²) in [4.78, 5) is 23.8. The Hall–Kier alpha value is -3.02. The van der Waals surface area contributed by atoms with Crippen LogP contribution in [0.1, 0.15) is 27.0 Å². The average Bonchev–Trinajstić information content (AvgIpc) is 2.61. The molecule has 2 aromatic rings. The quantitative estimate of drug-likeness (QED) is 0.664. The van der Waals surface area contributed by atoms with Crippen LogP contribution in [0, 0.1) is 20.8 Å². The minimum absolute atomic E-state index is 0.0323. The Morgan fingerprint density at radius 1 is 1.00 bits per heavy atom. The van der Waals surface area contributed by atoms with Gasteiger partial charge >= 0.3 is 0 Å². The Balaban J connectivity index is 1.73. The molecule has 0 radical (unpaired) electrons. The standard InChI is InChI=1S/C20H24N2O4/c1-13-7-8-14(2)19(15(13)3)26-12-18(24)21-9-10-22-20(25)16-5-4-6-17(23)11-16/h4-8,11,23H,9-10,12H2,1-3H3,(H,21,24)(H,22,25). The summed E-state index contributed by atoms with van der Waals surface area (Å²) in [7, 11) is 0. The lowest BCUT2D eigenvalue weighted by Gasteiger charge is -2.14. The van der Waals surface area contributed by atoms with Crippen molar-refractivity contribution in [2.45, 2.75) is 20.8 Å². The van der Waals surface area contributed by atoms with Gasteiger partial charge in [-0.2, -0.15) is 0 Å². The molecule has 0 bridgehead atoms. The van der Waals surface area contributed by atoms with Gasteiger partial charge in [0.05, 0.1) is 0 Å². The second kappa shape index (κ2) is 8.89. The van der Waals surface area contributed by atoms with Crippen molar-refractivity contribution in [3.63, 3.8) is 0 Å². The smallest absolute Gasteiger partial charge is 0.258 e. The van der Waals surface area contributed by atoms with Crippen LogP contribution in [-0.4, -0.2) is 36.6 Å². The molecule has 0 aliphatic carbocycles. The van der Waals surface area contributed by atoms with Crippen molar-refractivity contribution in [1.82, 2.24) is 10.6 Å². The number of aromatic hydroxyl groups is 1. The number of carbonyl (C=O) groups is 2. The number of amides is 2. The van der Waals surface area contributed by atoms with Crippen molar-refractivity contribution < 1.29 is 19.4 Å². The van der Waals surface area contributed by atoms with Crippen LogP contribution in [0.3, 0.4) is 0 Å². The molecule has 0 saturated heterocycles. The summed E-state index contributed by atoms with van der Waals surface area (Å²) < 4.78 is 5.64. The molecule has 0 aromatic heterocycles. The van der Waals surface area contributed by atoms with E-state index in [-0.39, 0.29) is 30.7 Å². The van der Waals surface area contributed by atoms with E-state index in [1.807, 2.05) is 32.9 Å². The van der Waals surface area contributed by atoms with Crippen molar-refractivity contribution in [3.05, 3.63) is 58.7 Å². The number of benzene rings is 2. The number of phenols is 1. The fourth-order valence-electron chi connectivity index (χ4n) is 2.46. The maximum Gasteiger partial charge on any atom is 0.258 e. The van der Waals surface area contributed by atoms with Gasteiger partial charge in [0.2, 0.25) is 0 Å². The van der Waals surface area contributed by atoms with Gasteiger partial charge in [-0.05, 0) is 55.7 Å². The molecule has 138 valence electrons. The minimum atomic E-state index is -0.308. The van der Waals surface area contributed by atoms with Gasteiger partial charge in [-0.3, -0.25) is 9.59 Å². The highest BCUT2D eigenvalue weighted by molar-refractivity contribution is 5.94. The molecule has 0 aliphatic heterocycles. The highest BCUT2D eigenvalue weighted by Gasteiger charge is 2.09. The topological polar surface area (TPSA) is 87.7 Å². The third-order valence-electron chi connectivity index (χ3n) is 4.06. The van der Waals surface area contributed by atoms with Gasteiger partial charge in [-0.1, -0.05) is 18.2 Å². The monoisotopic (exact) mass is 356 g/mol. The number of hydrogen-bond donors (Lipinski definition) is 3. The fourth-order valence-corrected chi connectivity index (χ4v) is 2.46. The first-order valence-electron chi connectivity index (χ1n) is 8.42. The number of rotatable bonds is 7. The Labute approximate surface area is 153 Å². The molecular weight excluding hydrogens is 332 g/mol. The maximum absolute atomic E-state index is 11.9. The highest BCUT2D eigenvalue weighted by atomic mass is 16.5. The largest absolute Gasteiger partial charge is 0.508 e. The summed E-state index contributed by atoms with van der Waals surface area (Å²) in [6.45, 7) is 6.40. The third-order valence-corrected chi connectivity index (χ3v) is 4.06. The van der Waals surface area contributed by atoms with E-state index in [9.17, 15) is 14.7 Å². The number of aryl methyl sites for hydroxylation is 2. The number of nitrogens with one attached hydrogen (secondary N) is 2. The normalized spacial score (nSPS) is 10.3. The van der Waals surface area contributed by atoms with Crippen LogP contribution in [0.4, 0.5) is 0 Å². The second-order valence-electron chi connectivity index (χ2n) is 6.10. The Morgan fingerprint density at radius 2 is 1.69 bits per heavy atom. The van der Waals surface area contributed by atoms with Crippen LogP contribution < -0.4 is 15.4 Å². The lowest BCUT2D eigenvalue weighted by molar-refractivity contribution is -0.123. The van der Waals surface area contributed by atoms with Crippen molar-refractivity contribution in [3.8, 4) is 11.5 Å². The van der Waals surface area contributed by atoms with Crippen molar-refractivity contribution in [2.75, 3.05) is 19.7 Å². The maximum atomic E-state index is 11.9. The lowest BCUT2D eigenvalue weighted by Crippen LogP contribution is -2.36. The zero-order chi connectivity index (χ0) is 19.1. The molecule has 2 rings (SSSR count). The Morgan fingerprint density at radius 3 is 2.42 bits per heavy atom. The first-order valence-corrected chi connectivity index (χ1v) is 8.42. The molecule has 6 heteroatoms. The Kier molecular flexibility index (Phi) is 6.60. The van der Waals surface area contributed by atoms with Crippen molar-refractivity contribution in [1.29, 1.82) is 0 Å². The first kappa shape index (κ1) is 19.3. The van der Waals surface area contributed by atoms with E-state index in [0.29, 0.717) is 12.1 Å². The van der Waals surface area contributed by atoms with Crippen LogP contribution in [0.25, 0.3) is 0 Å². The molecule has 0 spiro atoms. The van der Waals surface area contributed by atoms with Crippen LogP contribution in [0.15, 0.2) is 36.4 Å². The number of phenolic OH excluding ortho intramolecular Hbond substituents is 1. The van der Waals surface area contributed by atoms with Gasteiger partial charge in [0.25, 0.3) is 11.8 Å². The van der Waals surface area contributed by atoms with Crippen LogP contribution in [0.5, 0.6) is 11.5 Å². The SMILES string of the molecule is Cc1ccc(C)c(OCC(=O)NCCNC(=O)c2cccc(O)c2)c1C. The molecule has 2 aromatic carbocycles. The van der Waals surface area contributed by atoms with E-state index in [1.165, 1.54) is 12.1 Å². The molecule has 0 aliphatic rings. The second-order valence-corrected chi connectivity index (χ2v) is 6.10. The predicted octanol–water partition coefficient (Wildman–Crippen LogP) is 2.24. The van der Waals surface area contributed by atoms with Gasteiger partial charge in [0.15, 0.2) is 6.61 Å². The zero-order valence-electron chi connectivity index (χ0n) is 15.3. The molecular formula is C20H24N2O4. The summed E-state index contributed by atoms with van der Waals surface area (Å²) in [6, 6.07) is 10.1. The summed E-state index contributed by atoms with van der Waals surface area (Å²) >= 11 is 0. The summed E-state index contributed by atoms with van der Waals surface area (Å²) in [5, 5.41) is 14.7. The molecule has 3 N–H and O–H groups in total. The molecule has 0 fully saturated rings. The van der Waals surface area contributed by atoms with Crippen LogP contribution in [-0.2, 0) is 4.79 Å². The number of ether oxygens (including phenoxy) is 1. The number of hydrogen-bond acceptors (Lipinski definition) is 4. The van der Waals surface area contributed by atoms with E-state index < -0.39 is 0 Å². The van der Waals surface area contributed by atoms with E-state index in [0.717, 1.165) is 22.4 Å². The summed E-state index contributed by atoms with van der Waals surface area (Å²) in [5.74, 6) is 0.205. The van der Waals surface area contributed by atoms with E-state index in [2.05, 4.69) is 10.6 Å². The molecule has 0 heterocycles. The first-order chi connectivity index (χ1) is 12.4. The van der Waals surface area contributed by atoms with Crippen molar-refractivity contribution in [2.24, 2.45) is 0 Å². The molecule has 0 atom stereocenters. The predicted molar refractivity (Wildman–Crippen MR) is 99.6 cm³/mol. The lowest BCUT2D eigenvalue weighted by atomic mass is 10.1. The van der Waals surface area contributed by atoms with Crippen LogP contribution >= 0.6 is 0 Å². The van der Waals surface area contributed by atoms with Gasteiger partial charge in [-0.15, -0.1) is 0 Å². The fraction of sp³-hybridized carbons (Fsp3) is 0.300. The van der Waals surface area contributed by atoms with E-state index in [1.54, 1.807) is 12.1 Å². The van der Waals surface area contributed by atoms with Gasteiger partial charge < -0.3 is 20.5 Å². The zero-order valence-corrected chi connectivity index (χ0v) is 15.3. The average molecular weight is 356 g/mol. The van der Waals surface area contributed by atoms with E-state index in [4.69, 9.17) is 4.74 Å². The van der Waals surface area contributed by atoms with E-state index >= 15 is 0 Å². The van der Waals surface area contributed by atoms with Crippen LogP contribution in [0.2, 0.25) is 0 Å². The minimum Gasteiger partial charge on any atom is -0.508 e. The summed E-state index contributed by atoms with van der Waals surface area (Å²) in [6.07, 6.45) is 0. The van der Waals surface area contributed by atoms with Gasteiger partial charge in [0.1, 0.15) is 11.5 Å². The summed E-state index contributed by atoms with van der Waals surface area (Å²) in [5.41, 5.74) is 3.49. The van der Waals surface area contributed by atoms with Gasteiger partial charge in [-0.25, -0.2) is 0 Å². The molecule has 0 unspecified atom stereocenters. The molecule has 0 saturated carbocycles. The third kappa shape index (κ3) is 5.24. The Bertz CT molecular complexity index is 802.